The lowest BCUT2D eigenvalue weighted by Gasteiger charge is -2.45. The van der Waals surface area contributed by atoms with Crippen LogP contribution in [0.25, 0.3) is 22.3 Å². The number of rotatable bonds is 5. The molecule has 0 radical (unpaired) electrons. The first-order valence-corrected chi connectivity index (χ1v) is 16.0. The Hall–Kier alpha value is -3.98. The summed E-state index contributed by atoms with van der Waals surface area (Å²) >= 11 is 18.9. The molecule has 2 N–H and O–H groups in total. The van der Waals surface area contributed by atoms with E-state index in [0.717, 1.165) is 0 Å². The van der Waals surface area contributed by atoms with E-state index in [2.05, 4.69) is 17.6 Å². The summed E-state index contributed by atoms with van der Waals surface area (Å²) in [5.74, 6) is -3.08. The van der Waals surface area contributed by atoms with Crippen LogP contribution in [0.4, 0.5) is 20.2 Å². The Morgan fingerprint density at radius 2 is 1.79 bits per heavy atom. The number of carbonyl (C=O) groups excluding carboxylic acids is 1. The summed E-state index contributed by atoms with van der Waals surface area (Å²) in [6.07, 6.45) is 4.75. The monoisotopic (exact) mass is 701 g/mol. The van der Waals surface area contributed by atoms with E-state index < -0.39 is 44.5 Å². The second-order valence-electron chi connectivity index (χ2n) is 12.2. The van der Waals surface area contributed by atoms with Crippen LogP contribution in [-0.2, 0) is 4.79 Å². The molecule has 0 aliphatic carbocycles. The van der Waals surface area contributed by atoms with Crippen LogP contribution in [0.15, 0.2) is 40.8 Å². The van der Waals surface area contributed by atoms with Gasteiger partial charge in [-0.1, -0.05) is 68.2 Å². The third-order valence-electron chi connectivity index (χ3n) is 8.71. The number of anilines is 2. The number of hydrogen-bond donors (Lipinski definition) is 1. The van der Waals surface area contributed by atoms with Gasteiger partial charge in [-0.3, -0.25) is 19.1 Å². The predicted molar refractivity (Wildman–Crippen MR) is 183 cm³/mol. The highest BCUT2D eigenvalue weighted by atomic mass is 35.5. The highest BCUT2D eigenvalue weighted by molar-refractivity contribution is 6.38. The zero-order valence-electron chi connectivity index (χ0n) is 26.3. The summed E-state index contributed by atoms with van der Waals surface area (Å²) in [6, 6.07) is 2.26. The highest BCUT2D eigenvalue weighted by Gasteiger charge is 2.37. The van der Waals surface area contributed by atoms with Crippen molar-refractivity contribution in [3.63, 3.8) is 0 Å². The van der Waals surface area contributed by atoms with Crippen molar-refractivity contribution in [2.75, 3.05) is 23.7 Å². The maximum absolute atomic E-state index is 15.6. The van der Waals surface area contributed by atoms with Gasteiger partial charge in [0.25, 0.3) is 5.56 Å². The number of amides is 1. The summed E-state index contributed by atoms with van der Waals surface area (Å²) in [5, 5.41) is 9.22. The van der Waals surface area contributed by atoms with Gasteiger partial charge in [0.15, 0.2) is 11.6 Å². The average Bonchev–Trinajstić information content (AvgIpc) is 3.02. The number of piperazine rings is 1. The molecule has 0 bridgehead atoms. The first-order valence-electron chi connectivity index (χ1n) is 14.9. The molecule has 0 saturated carbocycles. The largest absolute Gasteiger partial charge is 0.397 e. The van der Waals surface area contributed by atoms with Crippen molar-refractivity contribution in [2.24, 2.45) is 16.8 Å². The molecule has 1 amide bonds. The molecule has 246 valence electrons. The van der Waals surface area contributed by atoms with E-state index in [4.69, 9.17) is 45.5 Å². The van der Waals surface area contributed by atoms with Crippen LogP contribution in [0.3, 0.4) is 0 Å². The fourth-order valence-corrected chi connectivity index (χ4v) is 7.32. The zero-order valence-corrected chi connectivity index (χ0v) is 28.6. The first-order chi connectivity index (χ1) is 22.2. The molecule has 47 heavy (non-hydrogen) atoms. The van der Waals surface area contributed by atoms with Crippen LogP contribution in [0.5, 0.6) is 0 Å². The normalized spacial score (nSPS) is 21.3. The zero-order chi connectivity index (χ0) is 34.6. The van der Waals surface area contributed by atoms with Crippen LogP contribution in [0.1, 0.15) is 46.2 Å². The Labute approximate surface area is 285 Å². The number of nitrogens with zero attached hydrogens (tertiary/aromatic N) is 6. The number of fused-ring (bicyclic) bond motifs is 1. The van der Waals surface area contributed by atoms with Crippen LogP contribution < -0.4 is 16.2 Å². The third kappa shape index (κ3) is 5.56. The number of hydrogen-bond acceptors (Lipinski definition) is 7. The van der Waals surface area contributed by atoms with E-state index in [1.807, 2.05) is 45.6 Å². The maximum atomic E-state index is 15.6. The number of nitriles is 1. The smallest absolute Gasteiger partial charge is 0.272 e. The second kappa shape index (κ2) is 12.9. The number of nitrogens with two attached hydrogens (primary N) is 1. The van der Waals surface area contributed by atoms with Crippen LogP contribution in [-0.4, -0.2) is 51.2 Å². The van der Waals surface area contributed by atoms with Gasteiger partial charge >= 0.3 is 0 Å². The van der Waals surface area contributed by atoms with Crippen LogP contribution >= 0.6 is 34.8 Å². The Bertz CT molecular complexity index is 1960. The van der Waals surface area contributed by atoms with Crippen molar-refractivity contribution in [3.8, 4) is 17.3 Å². The van der Waals surface area contributed by atoms with Gasteiger partial charge in [-0.15, -0.1) is 0 Å². The fraction of sp³-hybridized carbons (Fsp3) is 0.364. The average molecular weight is 703 g/mol. The van der Waals surface area contributed by atoms with Crippen molar-refractivity contribution in [3.05, 3.63) is 73.6 Å². The maximum Gasteiger partial charge on any atom is 0.272 e. The fourth-order valence-electron chi connectivity index (χ4n) is 6.65. The number of aliphatic imine (C=N–C) groups is 1. The Morgan fingerprint density at radius 1 is 1.15 bits per heavy atom. The summed E-state index contributed by atoms with van der Waals surface area (Å²) in [7, 11) is 0. The summed E-state index contributed by atoms with van der Waals surface area (Å²) < 4.78 is 31.6. The van der Waals surface area contributed by atoms with E-state index in [9.17, 15) is 19.2 Å². The molecular weight excluding hydrogens is 671 g/mol. The summed E-state index contributed by atoms with van der Waals surface area (Å²) in [4.78, 5) is 40.1. The van der Waals surface area contributed by atoms with Gasteiger partial charge in [0.1, 0.15) is 27.3 Å². The minimum absolute atomic E-state index is 0.0594. The summed E-state index contributed by atoms with van der Waals surface area (Å²) in [5.41, 5.74) is 5.14. The number of allylic oxidation sites excluding steroid dienone is 1. The molecule has 1 saturated heterocycles. The number of nitrogen functional groups attached to an aromatic ring is 1. The number of halogens is 5. The van der Waals surface area contributed by atoms with Crippen molar-refractivity contribution in [1.29, 1.82) is 5.26 Å². The second-order valence-corrected chi connectivity index (χ2v) is 13.3. The van der Waals surface area contributed by atoms with Crippen molar-refractivity contribution < 1.29 is 13.6 Å². The van der Waals surface area contributed by atoms with Gasteiger partial charge in [-0.05, 0) is 31.9 Å². The van der Waals surface area contributed by atoms with E-state index in [0.29, 0.717) is 11.1 Å². The minimum atomic E-state index is -1.24. The predicted octanol–water partition coefficient (Wildman–Crippen LogP) is 7.17. The van der Waals surface area contributed by atoms with Gasteiger partial charge in [0.2, 0.25) is 5.91 Å². The van der Waals surface area contributed by atoms with Gasteiger partial charge < -0.3 is 15.5 Å². The van der Waals surface area contributed by atoms with E-state index in [-0.39, 0.29) is 70.5 Å². The Balaban J connectivity index is 1.91. The number of carbonyl (C=O) groups is 1. The van der Waals surface area contributed by atoms with Gasteiger partial charge in [0, 0.05) is 48.4 Å². The van der Waals surface area contributed by atoms with Gasteiger partial charge in [0.05, 0.1) is 33.7 Å². The summed E-state index contributed by atoms with van der Waals surface area (Å²) in [6.45, 7) is 13.6. The molecule has 14 heteroatoms. The number of pyridine rings is 2. The molecule has 1 aromatic carbocycles. The number of aromatic nitrogens is 2. The third-order valence-corrected chi connectivity index (χ3v) is 9.70. The van der Waals surface area contributed by atoms with Gasteiger partial charge in [-0.2, -0.15) is 5.26 Å². The molecule has 2 aliphatic heterocycles. The highest BCUT2D eigenvalue weighted by Crippen LogP contribution is 2.44. The molecule has 4 atom stereocenters. The lowest BCUT2D eigenvalue weighted by molar-refractivity contribution is -0.130. The van der Waals surface area contributed by atoms with E-state index in [1.54, 1.807) is 11.1 Å². The molecule has 2 aromatic heterocycles. The molecule has 0 spiro atoms. The van der Waals surface area contributed by atoms with Crippen molar-refractivity contribution >= 4 is 68.8 Å². The lowest BCUT2D eigenvalue weighted by atomic mass is 9.88. The molecule has 5 rings (SSSR count). The standard InChI is InChI=1S/C33H32Cl3F2N7O2/c1-7-21(46)44-16(5)12-43(13-17(44)6)31-18-10-20(34)29(22-25(37)23(35)26(38)24(36)27(22)40)42-32(18)45(33(47)19(31)11-39)30-15(4)8-9-41-28(30)14(2)3/h7-10,14-17,30H,1,12-13,40H2,2-6H3/t15-,16-,17+,30?/m1/s1. The van der Waals surface area contributed by atoms with Crippen molar-refractivity contribution in [2.45, 2.75) is 52.7 Å². The topological polar surface area (TPSA) is 121 Å². The Kier molecular flexibility index (Phi) is 9.43. The Morgan fingerprint density at radius 3 is 2.36 bits per heavy atom. The molecule has 1 unspecified atom stereocenters. The van der Waals surface area contributed by atoms with Crippen LogP contribution in [0, 0.1) is 34.8 Å². The number of benzene rings is 1. The minimum Gasteiger partial charge on any atom is -0.397 e. The SMILES string of the molecule is C=CC(=O)N1[C@H](C)CN(c2c(C#N)c(=O)n(C3C(C(C)C)=NC=C[C@H]3C)c3nc(-c4c(N)c(Cl)c(F)c(Cl)c4F)c(Cl)cc23)C[C@@H]1C. The van der Waals surface area contributed by atoms with E-state index in [1.165, 1.54) is 16.7 Å². The van der Waals surface area contributed by atoms with Crippen LogP contribution in [0.2, 0.25) is 15.1 Å². The molecule has 2 aliphatic rings. The quantitative estimate of drug-likeness (QED) is 0.130. The lowest BCUT2D eigenvalue weighted by Crippen LogP contribution is -2.58. The molecule has 4 heterocycles. The van der Waals surface area contributed by atoms with Gasteiger partial charge in [-0.25, -0.2) is 13.8 Å². The molecular formula is C33H32Cl3F2N7O2. The van der Waals surface area contributed by atoms with Crippen molar-refractivity contribution in [1.82, 2.24) is 14.5 Å². The molecule has 1 fully saturated rings. The molecule has 9 nitrogen and oxygen atoms in total. The first kappa shape index (κ1) is 34.4. The molecule has 3 aromatic rings. The van der Waals surface area contributed by atoms with E-state index >= 15 is 4.39 Å².